The first kappa shape index (κ1) is 14.9. The Labute approximate surface area is 112 Å². The quantitative estimate of drug-likeness (QED) is 0.734. The number of rotatable bonds is 8. The first-order chi connectivity index (χ1) is 8.71. The molecule has 102 valence electrons. The SMILES string of the molecule is CCCN(CC)CCNc1ncc(C(=O)OC)s1. The van der Waals surface area contributed by atoms with E-state index in [1.807, 2.05) is 0 Å². The summed E-state index contributed by atoms with van der Waals surface area (Å²) in [7, 11) is 1.37. The van der Waals surface area contributed by atoms with E-state index >= 15 is 0 Å². The van der Waals surface area contributed by atoms with Crippen LogP contribution in [-0.2, 0) is 4.74 Å². The minimum atomic E-state index is -0.332. The largest absolute Gasteiger partial charge is 0.465 e. The van der Waals surface area contributed by atoms with Crippen LogP contribution in [0.1, 0.15) is 29.9 Å². The molecule has 5 nitrogen and oxygen atoms in total. The first-order valence-corrected chi connectivity index (χ1v) is 7.03. The van der Waals surface area contributed by atoms with E-state index in [9.17, 15) is 4.79 Å². The summed E-state index contributed by atoms with van der Waals surface area (Å²) in [6, 6.07) is 0. The third kappa shape index (κ3) is 4.62. The second kappa shape index (κ2) is 8.05. The highest BCUT2D eigenvalue weighted by Crippen LogP contribution is 2.18. The van der Waals surface area contributed by atoms with E-state index < -0.39 is 0 Å². The molecule has 1 aromatic rings. The average Bonchev–Trinajstić information content (AvgIpc) is 2.85. The van der Waals surface area contributed by atoms with Crippen molar-refractivity contribution in [1.82, 2.24) is 9.88 Å². The summed E-state index contributed by atoms with van der Waals surface area (Å²) in [5.74, 6) is -0.332. The monoisotopic (exact) mass is 271 g/mol. The van der Waals surface area contributed by atoms with Crippen LogP contribution in [0.25, 0.3) is 0 Å². The van der Waals surface area contributed by atoms with Crippen LogP contribution >= 0.6 is 11.3 Å². The lowest BCUT2D eigenvalue weighted by Gasteiger charge is -2.19. The minimum absolute atomic E-state index is 0.332. The van der Waals surface area contributed by atoms with Crippen LogP contribution in [-0.4, -0.2) is 49.1 Å². The molecular formula is C12H21N3O2S. The molecule has 0 radical (unpaired) electrons. The summed E-state index contributed by atoms with van der Waals surface area (Å²) in [4.78, 5) is 18.3. The molecule has 18 heavy (non-hydrogen) atoms. The maximum Gasteiger partial charge on any atom is 0.349 e. The van der Waals surface area contributed by atoms with Gasteiger partial charge in [-0.1, -0.05) is 25.2 Å². The van der Waals surface area contributed by atoms with Gasteiger partial charge in [-0.3, -0.25) is 0 Å². The van der Waals surface area contributed by atoms with Crippen LogP contribution in [0.5, 0.6) is 0 Å². The third-order valence-corrected chi connectivity index (χ3v) is 3.52. The van der Waals surface area contributed by atoms with Crippen molar-refractivity contribution in [3.63, 3.8) is 0 Å². The zero-order valence-electron chi connectivity index (χ0n) is 11.2. The second-order valence-electron chi connectivity index (χ2n) is 3.88. The Bertz CT molecular complexity index is 368. The van der Waals surface area contributed by atoms with Crippen molar-refractivity contribution in [2.45, 2.75) is 20.3 Å². The van der Waals surface area contributed by atoms with Gasteiger partial charge in [-0.25, -0.2) is 9.78 Å². The van der Waals surface area contributed by atoms with Crippen molar-refractivity contribution >= 4 is 22.4 Å². The highest BCUT2D eigenvalue weighted by Gasteiger charge is 2.10. The summed E-state index contributed by atoms with van der Waals surface area (Å²) in [6.45, 7) is 8.33. The van der Waals surface area contributed by atoms with Gasteiger partial charge in [0.05, 0.1) is 13.3 Å². The van der Waals surface area contributed by atoms with E-state index in [1.54, 1.807) is 6.20 Å². The Kier molecular flexibility index (Phi) is 6.67. The molecule has 0 unspecified atom stereocenters. The molecule has 0 aliphatic rings. The van der Waals surface area contributed by atoms with E-state index in [0.29, 0.717) is 4.88 Å². The van der Waals surface area contributed by atoms with E-state index in [4.69, 9.17) is 0 Å². The van der Waals surface area contributed by atoms with Gasteiger partial charge >= 0.3 is 5.97 Å². The summed E-state index contributed by atoms with van der Waals surface area (Å²) >= 11 is 1.32. The Morgan fingerprint density at radius 3 is 2.89 bits per heavy atom. The Balaban J connectivity index is 2.35. The van der Waals surface area contributed by atoms with Crippen molar-refractivity contribution in [2.24, 2.45) is 0 Å². The molecular weight excluding hydrogens is 250 g/mol. The van der Waals surface area contributed by atoms with Crippen molar-refractivity contribution < 1.29 is 9.53 Å². The number of carbonyl (C=O) groups excluding carboxylic acids is 1. The van der Waals surface area contributed by atoms with E-state index in [1.165, 1.54) is 18.4 Å². The minimum Gasteiger partial charge on any atom is -0.465 e. The predicted octanol–water partition coefficient (Wildman–Crippen LogP) is 2.07. The molecule has 0 spiro atoms. The lowest BCUT2D eigenvalue weighted by atomic mass is 10.4. The van der Waals surface area contributed by atoms with Crippen LogP contribution in [0.4, 0.5) is 5.13 Å². The van der Waals surface area contributed by atoms with Gasteiger partial charge in [0.1, 0.15) is 4.88 Å². The van der Waals surface area contributed by atoms with Gasteiger partial charge < -0.3 is 15.0 Å². The number of esters is 1. The fourth-order valence-electron chi connectivity index (χ4n) is 1.62. The smallest absolute Gasteiger partial charge is 0.349 e. The number of likely N-dealkylation sites (N-methyl/N-ethyl adjacent to an activating group) is 1. The van der Waals surface area contributed by atoms with Crippen molar-refractivity contribution in [3.8, 4) is 0 Å². The van der Waals surface area contributed by atoms with Gasteiger partial charge in [-0.2, -0.15) is 0 Å². The molecule has 0 aromatic carbocycles. The summed E-state index contributed by atoms with van der Waals surface area (Å²) in [5.41, 5.74) is 0. The lowest BCUT2D eigenvalue weighted by Crippen LogP contribution is -2.29. The van der Waals surface area contributed by atoms with Crippen molar-refractivity contribution in [1.29, 1.82) is 0 Å². The fourth-order valence-corrected chi connectivity index (χ4v) is 2.38. The van der Waals surface area contributed by atoms with Crippen LogP contribution in [0, 0.1) is 0 Å². The number of hydrogen-bond donors (Lipinski definition) is 1. The molecule has 0 saturated heterocycles. The summed E-state index contributed by atoms with van der Waals surface area (Å²) < 4.78 is 4.64. The van der Waals surface area contributed by atoms with Gasteiger partial charge in [0.2, 0.25) is 0 Å². The molecule has 0 aliphatic carbocycles. The first-order valence-electron chi connectivity index (χ1n) is 6.21. The molecule has 0 aliphatic heterocycles. The standard InChI is InChI=1S/C12H21N3O2S/c1-4-7-15(5-2)8-6-13-12-14-9-10(18-12)11(16)17-3/h9H,4-8H2,1-3H3,(H,13,14). The van der Waals surface area contributed by atoms with Crippen LogP contribution in [0.2, 0.25) is 0 Å². The normalized spacial score (nSPS) is 10.7. The molecule has 0 amide bonds. The number of hydrogen-bond acceptors (Lipinski definition) is 6. The third-order valence-electron chi connectivity index (χ3n) is 2.58. The Morgan fingerprint density at radius 2 is 2.28 bits per heavy atom. The molecule has 1 aromatic heterocycles. The van der Waals surface area contributed by atoms with Crippen LogP contribution in [0.15, 0.2) is 6.20 Å². The van der Waals surface area contributed by atoms with Gasteiger partial charge in [0.15, 0.2) is 5.13 Å². The molecule has 0 saturated carbocycles. The van der Waals surface area contributed by atoms with E-state index in [-0.39, 0.29) is 5.97 Å². The van der Waals surface area contributed by atoms with Gasteiger partial charge in [0.25, 0.3) is 0 Å². The van der Waals surface area contributed by atoms with Gasteiger partial charge in [-0.05, 0) is 19.5 Å². The number of nitrogens with one attached hydrogen (secondary N) is 1. The highest BCUT2D eigenvalue weighted by molar-refractivity contribution is 7.17. The molecule has 1 rings (SSSR count). The highest BCUT2D eigenvalue weighted by atomic mass is 32.1. The molecule has 0 fully saturated rings. The predicted molar refractivity (Wildman–Crippen MR) is 74.3 cm³/mol. The number of nitrogens with zero attached hydrogens (tertiary/aromatic N) is 2. The van der Waals surface area contributed by atoms with Gasteiger partial charge in [0, 0.05) is 13.1 Å². The topological polar surface area (TPSA) is 54.5 Å². The molecule has 1 heterocycles. The Hall–Kier alpha value is -1.14. The number of methoxy groups -OCH3 is 1. The van der Waals surface area contributed by atoms with Crippen LogP contribution in [0.3, 0.4) is 0 Å². The van der Waals surface area contributed by atoms with E-state index in [2.05, 4.69) is 33.8 Å². The number of ether oxygens (including phenoxy) is 1. The zero-order chi connectivity index (χ0) is 13.4. The Morgan fingerprint density at radius 1 is 1.50 bits per heavy atom. The van der Waals surface area contributed by atoms with Crippen LogP contribution < -0.4 is 5.32 Å². The van der Waals surface area contributed by atoms with Crippen molar-refractivity contribution in [3.05, 3.63) is 11.1 Å². The molecule has 6 heteroatoms. The number of anilines is 1. The maximum absolute atomic E-state index is 11.3. The maximum atomic E-state index is 11.3. The molecule has 0 bridgehead atoms. The second-order valence-corrected chi connectivity index (χ2v) is 4.91. The van der Waals surface area contributed by atoms with E-state index in [0.717, 1.165) is 37.7 Å². The molecule has 0 atom stereocenters. The fraction of sp³-hybridized carbons (Fsp3) is 0.667. The number of aromatic nitrogens is 1. The van der Waals surface area contributed by atoms with Crippen molar-refractivity contribution in [2.75, 3.05) is 38.6 Å². The number of thiazole rings is 1. The molecule has 1 N–H and O–H groups in total. The zero-order valence-corrected chi connectivity index (χ0v) is 12.0. The number of carbonyl (C=O) groups is 1. The summed E-state index contributed by atoms with van der Waals surface area (Å²) in [5, 5.41) is 3.99. The van der Waals surface area contributed by atoms with Gasteiger partial charge in [-0.15, -0.1) is 0 Å². The average molecular weight is 271 g/mol. The lowest BCUT2D eigenvalue weighted by molar-refractivity contribution is 0.0606. The summed E-state index contributed by atoms with van der Waals surface area (Å²) in [6.07, 6.45) is 2.71.